The molecule has 1 saturated heterocycles. The lowest BCUT2D eigenvalue weighted by molar-refractivity contribution is 0.103. The van der Waals surface area contributed by atoms with Gasteiger partial charge < -0.3 is 15.2 Å². The first-order valence-corrected chi connectivity index (χ1v) is 4.74. The van der Waals surface area contributed by atoms with Crippen molar-refractivity contribution < 1.29 is 9.47 Å². The summed E-state index contributed by atoms with van der Waals surface area (Å²) < 4.78 is 12.5. The van der Waals surface area contributed by atoms with Crippen LogP contribution in [-0.2, 0) is 9.47 Å². The molecule has 0 aliphatic carbocycles. The zero-order valence-electron chi connectivity index (χ0n) is 8.27. The summed E-state index contributed by atoms with van der Waals surface area (Å²) in [6.45, 7) is 4.47. The van der Waals surface area contributed by atoms with Crippen LogP contribution in [0.2, 0.25) is 0 Å². The molecular formula is C9H15N3O2. The molecule has 2 heterocycles. The monoisotopic (exact) mass is 197 g/mol. The Morgan fingerprint density at radius 3 is 2.57 bits per heavy atom. The molecule has 1 aromatic rings. The van der Waals surface area contributed by atoms with E-state index in [0.29, 0.717) is 32.2 Å². The number of ether oxygens (including phenoxy) is 2. The van der Waals surface area contributed by atoms with Crippen LogP contribution in [0.15, 0.2) is 6.20 Å². The first-order chi connectivity index (χ1) is 6.79. The van der Waals surface area contributed by atoms with Crippen molar-refractivity contribution in [2.45, 2.75) is 13.0 Å². The van der Waals surface area contributed by atoms with E-state index in [1.54, 1.807) is 10.9 Å². The van der Waals surface area contributed by atoms with E-state index in [4.69, 9.17) is 15.2 Å². The standard InChI is InChI=1S/C9H15N3O2/c1-7-4-11-12(9(7)10)8-5-13-2-3-14-6-8/h4,8H,2-3,5-6,10H2,1H3. The van der Waals surface area contributed by atoms with Crippen LogP contribution in [0.3, 0.4) is 0 Å². The average molecular weight is 197 g/mol. The van der Waals surface area contributed by atoms with Gasteiger partial charge in [0.15, 0.2) is 0 Å². The first kappa shape index (κ1) is 9.48. The van der Waals surface area contributed by atoms with Crippen molar-refractivity contribution in [1.82, 2.24) is 9.78 Å². The van der Waals surface area contributed by atoms with Gasteiger partial charge >= 0.3 is 0 Å². The number of hydrogen-bond donors (Lipinski definition) is 1. The maximum Gasteiger partial charge on any atom is 0.125 e. The van der Waals surface area contributed by atoms with Crippen molar-refractivity contribution in [1.29, 1.82) is 0 Å². The number of aromatic nitrogens is 2. The van der Waals surface area contributed by atoms with Crippen LogP contribution in [0.25, 0.3) is 0 Å². The molecule has 5 heteroatoms. The van der Waals surface area contributed by atoms with Gasteiger partial charge in [-0.1, -0.05) is 0 Å². The molecule has 78 valence electrons. The van der Waals surface area contributed by atoms with Crippen LogP contribution in [0.1, 0.15) is 11.6 Å². The van der Waals surface area contributed by atoms with Crippen LogP contribution in [-0.4, -0.2) is 36.2 Å². The lowest BCUT2D eigenvalue weighted by atomic mass is 10.3. The number of nitrogen functional groups attached to an aromatic ring is 1. The Morgan fingerprint density at radius 1 is 1.43 bits per heavy atom. The Bertz CT molecular complexity index is 303. The predicted octanol–water partition coefficient (Wildman–Crippen LogP) is 0.362. The molecule has 1 aromatic heterocycles. The molecular weight excluding hydrogens is 182 g/mol. The second-order valence-corrected chi connectivity index (χ2v) is 3.46. The third-order valence-corrected chi connectivity index (χ3v) is 2.36. The van der Waals surface area contributed by atoms with E-state index in [1.807, 2.05) is 6.92 Å². The molecule has 0 unspecified atom stereocenters. The Kier molecular flexibility index (Phi) is 2.69. The molecule has 2 N–H and O–H groups in total. The van der Waals surface area contributed by atoms with Crippen LogP contribution < -0.4 is 5.73 Å². The topological polar surface area (TPSA) is 62.3 Å². The summed E-state index contributed by atoms with van der Waals surface area (Å²) in [6.07, 6.45) is 1.76. The molecule has 5 nitrogen and oxygen atoms in total. The van der Waals surface area contributed by atoms with Gasteiger partial charge in [-0.05, 0) is 6.92 Å². The van der Waals surface area contributed by atoms with Gasteiger partial charge in [0.2, 0.25) is 0 Å². The number of nitrogens with zero attached hydrogens (tertiary/aromatic N) is 2. The third kappa shape index (κ3) is 1.73. The van der Waals surface area contributed by atoms with E-state index < -0.39 is 0 Å². The van der Waals surface area contributed by atoms with Gasteiger partial charge in [0.05, 0.1) is 32.6 Å². The Morgan fingerprint density at radius 2 is 2.07 bits per heavy atom. The highest BCUT2D eigenvalue weighted by Crippen LogP contribution is 2.17. The van der Waals surface area contributed by atoms with Crippen molar-refractivity contribution in [3.05, 3.63) is 11.8 Å². The predicted molar refractivity (Wildman–Crippen MR) is 52.1 cm³/mol. The normalized spacial score (nSPS) is 19.5. The van der Waals surface area contributed by atoms with Gasteiger partial charge in [0.25, 0.3) is 0 Å². The largest absolute Gasteiger partial charge is 0.384 e. The van der Waals surface area contributed by atoms with Gasteiger partial charge in [-0.25, -0.2) is 4.68 Å². The quantitative estimate of drug-likeness (QED) is 0.706. The minimum atomic E-state index is 0.103. The van der Waals surface area contributed by atoms with Crippen LogP contribution >= 0.6 is 0 Å². The second-order valence-electron chi connectivity index (χ2n) is 3.46. The van der Waals surface area contributed by atoms with E-state index in [9.17, 15) is 0 Å². The molecule has 1 aliphatic heterocycles. The maximum absolute atomic E-state index is 5.87. The van der Waals surface area contributed by atoms with Crippen LogP contribution in [0.5, 0.6) is 0 Å². The van der Waals surface area contributed by atoms with Gasteiger partial charge in [-0.3, -0.25) is 0 Å². The molecule has 0 bridgehead atoms. The van der Waals surface area contributed by atoms with Crippen molar-refractivity contribution in [2.75, 3.05) is 32.2 Å². The number of hydrogen-bond acceptors (Lipinski definition) is 4. The Labute approximate surface area is 82.8 Å². The van der Waals surface area contributed by atoms with E-state index in [1.165, 1.54) is 0 Å². The number of rotatable bonds is 1. The fourth-order valence-electron chi connectivity index (χ4n) is 1.49. The number of anilines is 1. The van der Waals surface area contributed by atoms with Gasteiger partial charge in [0, 0.05) is 5.56 Å². The zero-order valence-corrected chi connectivity index (χ0v) is 8.27. The lowest BCUT2D eigenvalue weighted by Crippen LogP contribution is -2.20. The molecule has 0 radical (unpaired) electrons. The summed E-state index contributed by atoms with van der Waals surface area (Å²) in [5.74, 6) is 0.698. The summed E-state index contributed by atoms with van der Waals surface area (Å²) >= 11 is 0. The SMILES string of the molecule is Cc1cnn(C2COCCOC2)c1N. The highest BCUT2D eigenvalue weighted by Gasteiger charge is 2.18. The smallest absolute Gasteiger partial charge is 0.125 e. The summed E-state index contributed by atoms with van der Waals surface area (Å²) in [5, 5.41) is 4.21. The van der Waals surface area contributed by atoms with Crippen LogP contribution in [0.4, 0.5) is 5.82 Å². The number of aryl methyl sites for hydroxylation is 1. The molecule has 0 atom stereocenters. The molecule has 1 aliphatic rings. The lowest BCUT2D eigenvalue weighted by Gasteiger charge is -2.15. The van der Waals surface area contributed by atoms with Gasteiger partial charge in [-0.2, -0.15) is 5.10 Å². The fourth-order valence-corrected chi connectivity index (χ4v) is 1.49. The average Bonchev–Trinajstić information content (AvgIpc) is 2.47. The minimum Gasteiger partial charge on any atom is -0.384 e. The zero-order chi connectivity index (χ0) is 9.97. The highest BCUT2D eigenvalue weighted by atomic mass is 16.5. The minimum absolute atomic E-state index is 0.103. The molecule has 0 saturated carbocycles. The van der Waals surface area contributed by atoms with E-state index in [0.717, 1.165) is 5.56 Å². The summed E-state index contributed by atoms with van der Waals surface area (Å²) in [4.78, 5) is 0. The molecule has 0 aromatic carbocycles. The van der Waals surface area contributed by atoms with E-state index >= 15 is 0 Å². The molecule has 14 heavy (non-hydrogen) atoms. The van der Waals surface area contributed by atoms with Gasteiger partial charge in [-0.15, -0.1) is 0 Å². The molecule has 1 fully saturated rings. The molecule has 2 rings (SSSR count). The number of nitrogens with two attached hydrogens (primary N) is 1. The third-order valence-electron chi connectivity index (χ3n) is 2.36. The summed E-state index contributed by atoms with van der Waals surface area (Å²) in [5.41, 5.74) is 6.87. The first-order valence-electron chi connectivity index (χ1n) is 4.74. The highest BCUT2D eigenvalue weighted by molar-refractivity contribution is 5.37. The summed E-state index contributed by atoms with van der Waals surface area (Å²) in [6, 6.07) is 0.103. The van der Waals surface area contributed by atoms with Crippen molar-refractivity contribution in [3.8, 4) is 0 Å². The van der Waals surface area contributed by atoms with E-state index in [-0.39, 0.29) is 6.04 Å². The van der Waals surface area contributed by atoms with Crippen molar-refractivity contribution in [2.24, 2.45) is 0 Å². The molecule has 0 spiro atoms. The van der Waals surface area contributed by atoms with Crippen molar-refractivity contribution in [3.63, 3.8) is 0 Å². The van der Waals surface area contributed by atoms with Gasteiger partial charge in [0.1, 0.15) is 11.9 Å². The van der Waals surface area contributed by atoms with Crippen molar-refractivity contribution >= 4 is 5.82 Å². The Balaban J connectivity index is 2.16. The molecule has 0 amide bonds. The van der Waals surface area contributed by atoms with Crippen LogP contribution in [0, 0.1) is 6.92 Å². The summed E-state index contributed by atoms with van der Waals surface area (Å²) in [7, 11) is 0. The fraction of sp³-hybridized carbons (Fsp3) is 0.667. The Hall–Kier alpha value is -1.07. The maximum atomic E-state index is 5.87. The van der Waals surface area contributed by atoms with E-state index in [2.05, 4.69) is 5.10 Å². The second kappa shape index (κ2) is 3.98.